The second kappa shape index (κ2) is 7.70. The Morgan fingerprint density at radius 3 is 2.58 bits per heavy atom. The van der Waals surface area contributed by atoms with Gasteiger partial charge in [0.1, 0.15) is 18.2 Å². The van der Waals surface area contributed by atoms with E-state index in [0.29, 0.717) is 22.7 Å². The van der Waals surface area contributed by atoms with Crippen molar-refractivity contribution >= 4 is 22.9 Å². The van der Waals surface area contributed by atoms with Gasteiger partial charge < -0.3 is 10.1 Å². The maximum absolute atomic E-state index is 13.2. The highest BCUT2D eigenvalue weighted by molar-refractivity contribution is 7.12. The number of carbonyl (C=O) groups excluding carboxylic acids is 1. The van der Waals surface area contributed by atoms with Crippen LogP contribution in [-0.2, 0) is 6.61 Å². The van der Waals surface area contributed by atoms with Crippen molar-refractivity contribution in [1.82, 2.24) is 0 Å². The fraction of sp³-hybridized carbons (Fsp3) is 0.190. The predicted octanol–water partition coefficient (Wildman–Crippen LogP) is 5.64. The van der Waals surface area contributed by atoms with Crippen LogP contribution in [-0.4, -0.2) is 5.91 Å². The van der Waals surface area contributed by atoms with E-state index in [2.05, 4.69) is 12.2 Å². The second-order valence-electron chi connectivity index (χ2n) is 6.27. The molecule has 1 amide bonds. The Morgan fingerprint density at radius 1 is 1.04 bits per heavy atom. The van der Waals surface area contributed by atoms with Gasteiger partial charge in [0.2, 0.25) is 0 Å². The van der Waals surface area contributed by atoms with Crippen LogP contribution in [0.2, 0.25) is 0 Å². The minimum Gasteiger partial charge on any atom is -0.489 e. The Labute approximate surface area is 156 Å². The molecule has 1 heterocycles. The molecule has 3 aromatic rings. The molecule has 0 radical (unpaired) electrons. The lowest BCUT2D eigenvalue weighted by molar-refractivity contribution is 0.103. The van der Waals surface area contributed by atoms with E-state index < -0.39 is 0 Å². The number of nitrogens with one attached hydrogen (secondary N) is 1. The monoisotopic (exact) mass is 369 g/mol. The first-order valence-electron chi connectivity index (χ1n) is 8.27. The molecule has 0 aliphatic carbocycles. The second-order valence-corrected chi connectivity index (χ2v) is 7.18. The Kier molecular flexibility index (Phi) is 5.38. The van der Waals surface area contributed by atoms with E-state index in [1.165, 1.54) is 34.6 Å². The molecule has 1 N–H and O–H groups in total. The van der Waals surface area contributed by atoms with Crippen LogP contribution in [0.1, 0.15) is 31.9 Å². The van der Waals surface area contributed by atoms with Crippen molar-refractivity contribution in [2.45, 2.75) is 27.4 Å². The minimum atomic E-state index is -0.317. The summed E-state index contributed by atoms with van der Waals surface area (Å²) in [5.41, 5.74) is 4.64. The van der Waals surface area contributed by atoms with Crippen molar-refractivity contribution in [2.75, 3.05) is 5.32 Å². The molecular weight excluding hydrogens is 349 g/mol. The molecule has 0 fully saturated rings. The van der Waals surface area contributed by atoms with Gasteiger partial charge in [0.15, 0.2) is 0 Å². The quantitative estimate of drug-likeness (QED) is 0.632. The van der Waals surface area contributed by atoms with Crippen LogP contribution < -0.4 is 10.1 Å². The molecule has 0 unspecified atom stereocenters. The van der Waals surface area contributed by atoms with Crippen LogP contribution >= 0.6 is 11.3 Å². The number of hydrogen-bond donors (Lipinski definition) is 1. The van der Waals surface area contributed by atoms with Crippen molar-refractivity contribution in [2.24, 2.45) is 0 Å². The summed E-state index contributed by atoms with van der Waals surface area (Å²) >= 11 is 1.36. The number of thiophene rings is 1. The smallest absolute Gasteiger partial charge is 0.265 e. The number of rotatable bonds is 5. The minimum absolute atomic E-state index is 0.206. The standard InChI is InChI=1S/C21H20FNO2S/c1-13-4-6-18(9-14(13)2)25-11-16-10-20(26-12-16)21(24)23-19-7-5-17(22)8-15(19)3/h4-10,12H,11H2,1-3H3,(H,23,24). The SMILES string of the molecule is Cc1ccc(OCc2csc(C(=O)Nc3ccc(F)cc3C)c2)cc1C. The molecule has 0 spiro atoms. The molecule has 0 bridgehead atoms. The molecule has 2 aromatic carbocycles. The van der Waals surface area contributed by atoms with E-state index in [1.54, 1.807) is 13.0 Å². The van der Waals surface area contributed by atoms with Gasteiger partial charge in [-0.05, 0) is 79.2 Å². The van der Waals surface area contributed by atoms with E-state index in [0.717, 1.165) is 11.3 Å². The van der Waals surface area contributed by atoms with E-state index >= 15 is 0 Å². The maximum Gasteiger partial charge on any atom is 0.265 e. The van der Waals surface area contributed by atoms with Gasteiger partial charge in [0.25, 0.3) is 5.91 Å². The summed E-state index contributed by atoms with van der Waals surface area (Å²) < 4.78 is 19.0. The lowest BCUT2D eigenvalue weighted by Crippen LogP contribution is -2.11. The highest BCUT2D eigenvalue weighted by atomic mass is 32.1. The predicted molar refractivity (Wildman–Crippen MR) is 104 cm³/mol. The molecule has 3 nitrogen and oxygen atoms in total. The van der Waals surface area contributed by atoms with E-state index in [-0.39, 0.29) is 11.7 Å². The number of anilines is 1. The average Bonchev–Trinajstić information content (AvgIpc) is 3.07. The van der Waals surface area contributed by atoms with Gasteiger partial charge in [0.05, 0.1) is 4.88 Å². The third kappa shape index (κ3) is 4.29. The Hall–Kier alpha value is -2.66. The van der Waals surface area contributed by atoms with Crippen LogP contribution in [0.3, 0.4) is 0 Å². The molecule has 0 aliphatic heterocycles. The van der Waals surface area contributed by atoms with Gasteiger partial charge in [-0.3, -0.25) is 4.79 Å². The summed E-state index contributed by atoms with van der Waals surface area (Å²) in [6.45, 7) is 6.27. The third-order valence-corrected chi connectivity index (χ3v) is 5.18. The fourth-order valence-electron chi connectivity index (χ4n) is 2.49. The van der Waals surface area contributed by atoms with Crippen LogP contribution in [0.25, 0.3) is 0 Å². The molecule has 3 rings (SSSR count). The van der Waals surface area contributed by atoms with Gasteiger partial charge in [0, 0.05) is 11.3 Å². The summed E-state index contributed by atoms with van der Waals surface area (Å²) in [4.78, 5) is 13.0. The Balaban J connectivity index is 1.63. The van der Waals surface area contributed by atoms with Gasteiger partial charge in [-0.25, -0.2) is 4.39 Å². The first-order chi connectivity index (χ1) is 12.4. The number of aryl methyl sites for hydroxylation is 3. The lowest BCUT2D eigenvalue weighted by atomic mass is 10.1. The fourth-order valence-corrected chi connectivity index (χ4v) is 3.28. The number of carbonyl (C=O) groups is 1. The molecule has 26 heavy (non-hydrogen) atoms. The first kappa shape index (κ1) is 18.1. The van der Waals surface area contributed by atoms with E-state index in [9.17, 15) is 9.18 Å². The molecule has 0 saturated carbocycles. The molecule has 1 aromatic heterocycles. The summed E-state index contributed by atoms with van der Waals surface area (Å²) in [5.74, 6) is 0.289. The zero-order valence-electron chi connectivity index (χ0n) is 14.9. The van der Waals surface area contributed by atoms with Crippen LogP contribution in [0.5, 0.6) is 5.75 Å². The zero-order valence-corrected chi connectivity index (χ0v) is 15.7. The average molecular weight is 369 g/mol. The Bertz CT molecular complexity index is 949. The summed E-state index contributed by atoms with van der Waals surface area (Å²) in [5, 5.41) is 4.73. The topological polar surface area (TPSA) is 38.3 Å². The summed E-state index contributed by atoms with van der Waals surface area (Å²) in [7, 11) is 0. The van der Waals surface area contributed by atoms with Crippen LogP contribution in [0, 0.1) is 26.6 Å². The molecule has 5 heteroatoms. The van der Waals surface area contributed by atoms with Gasteiger partial charge in [-0.15, -0.1) is 11.3 Å². The number of amides is 1. The number of halogens is 1. The normalized spacial score (nSPS) is 10.6. The number of benzene rings is 2. The molecule has 0 aliphatic rings. The van der Waals surface area contributed by atoms with Gasteiger partial charge in [-0.1, -0.05) is 6.07 Å². The van der Waals surface area contributed by atoms with Crippen molar-refractivity contribution < 1.29 is 13.9 Å². The van der Waals surface area contributed by atoms with E-state index in [1.807, 2.05) is 36.6 Å². The van der Waals surface area contributed by atoms with Gasteiger partial charge >= 0.3 is 0 Å². The molecule has 0 saturated heterocycles. The molecular formula is C21H20FNO2S. The summed E-state index contributed by atoms with van der Waals surface area (Å²) in [6.07, 6.45) is 0. The largest absolute Gasteiger partial charge is 0.489 e. The number of ether oxygens (including phenoxy) is 1. The van der Waals surface area contributed by atoms with Crippen LogP contribution in [0.4, 0.5) is 10.1 Å². The maximum atomic E-state index is 13.2. The van der Waals surface area contributed by atoms with Crippen molar-refractivity contribution in [3.63, 3.8) is 0 Å². The highest BCUT2D eigenvalue weighted by Crippen LogP contribution is 2.22. The lowest BCUT2D eigenvalue weighted by Gasteiger charge is -2.08. The summed E-state index contributed by atoms with van der Waals surface area (Å²) in [6, 6.07) is 12.1. The first-order valence-corrected chi connectivity index (χ1v) is 9.15. The van der Waals surface area contributed by atoms with Crippen molar-refractivity contribution in [1.29, 1.82) is 0 Å². The van der Waals surface area contributed by atoms with Crippen molar-refractivity contribution in [3.8, 4) is 5.75 Å². The number of hydrogen-bond acceptors (Lipinski definition) is 3. The third-order valence-electron chi connectivity index (χ3n) is 4.20. The molecule has 134 valence electrons. The Morgan fingerprint density at radius 2 is 1.85 bits per heavy atom. The van der Waals surface area contributed by atoms with Gasteiger partial charge in [-0.2, -0.15) is 0 Å². The zero-order chi connectivity index (χ0) is 18.7. The van der Waals surface area contributed by atoms with Crippen molar-refractivity contribution in [3.05, 3.63) is 80.8 Å². The highest BCUT2D eigenvalue weighted by Gasteiger charge is 2.11. The molecule has 0 atom stereocenters. The van der Waals surface area contributed by atoms with E-state index in [4.69, 9.17) is 4.74 Å². The van der Waals surface area contributed by atoms with Crippen LogP contribution in [0.15, 0.2) is 47.8 Å².